The van der Waals surface area contributed by atoms with Crippen molar-refractivity contribution in [3.05, 3.63) is 71.3 Å². The molecule has 2 rings (SSSR count). The average Bonchev–Trinajstić information content (AvgIpc) is 2.47. The molecule has 0 spiro atoms. The van der Waals surface area contributed by atoms with Crippen LogP contribution in [0.2, 0.25) is 0 Å². The summed E-state index contributed by atoms with van der Waals surface area (Å²) < 4.78 is 0. The average molecular weight is 269 g/mol. The summed E-state index contributed by atoms with van der Waals surface area (Å²) in [7, 11) is 2.08. The van der Waals surface area contributed by atoms with Gasteiger partial charge in [-0.2, -0.15) is 0 Å². The minimum Gasteiger partial charge on any atom is -0.478 e. The fourth-order valence-electron chi connectivity index (χ4n) is 2.11. The molecule has 3 heteroatoms. The largest absolute Gasteiger partial charge is 0.478 e. The van der Waals surface area contributed by atoms with E-state index < -0.39 is 5.97 Å². The topological polar surface area (TPSA) is 40.5 Å². The fourth-order valence-corrected chi connectivity index (χ4v) is 2.11. The summed E-state index contributed by atoms with van der Waals surface area (Å²) in [5, 5.41) is 8.86. The zero-order chi connectivity index (χ0) is 14.4. The number of carboxylic acids is 1. The molecule has 2 aromatic rings. The Kier molecular flexibility index (Phi) is 4.91. The fraction of sp³-hybridized carbons (Fsp3) is 0.235. The molecule has 0 aliphatic heterocycles. The maximum Gasteiger partial charge on any atom is 0.335 e. The predicted molar refractivity (Wildman–Crippen MR) is 79.9 cm³/mol. The lowest BCUT2D eigenvalue weighted by molar-refractivity contribution is 0.0697. The number of rotatable bonds is 6. The molecule has 0 amide bonds. The van der Waals surface area contributed by atoms with Gasteiger partial charge in [0.1, 0.15) is 0 Å². The molecule has 0 radical (unpaired) electrons. The molecule has 1 N–H and O–H groups in total. The molecule has 0 saturated carbocycles. The predicted octanol–water partition coefficient (Wildman–Crippen LogP) is 3.06. The van der Waals surface area contributed by atoms with Gasteiger partial charge in [0, 0.05) is 13.1 Å². The molecule has 0 saturated heterocycles. The summed E-state index contributed by atoms with van der Waals surface area (Å²) >= 11 is 0. The first-order valence-electron chi connectivity index (χ1n) is 6.70. The van der Waals surface area contributed by atoms with Gasteiger partial charge in [0.15, 0.2) is 0 Å². The van der Waals surface area contributed by atoms with Gasteiger partial charge < -0.3 is 10.0 Å². The second-order valence-electron chi connectivity index (χ2n) is 4.98. The van der Waals surface area contributed by atoms with Gasteiger partial charge in [0.05, 0.1) is 5.56 Å². The number of hydrogen-bond donors (Lipinski definition) is 1. The number of carboxylic acid groups (broad SMARTS) is 1. The van der Waals surface area contributed by atoms with Crippen LogP contribution in [-0.2, 0) is 13.0 Å². The minimum absolute atomic E-state index is 0.334. The van der Waals surface area contributed by atoms with E-state index in [4.69, 9.17) is 5.11 Å². The molecule has 3 nitrogen and oxygen atoms in total. The van der Waals surface area contributed by atoms with Gasteiger partial charge in [-0.3, -0.25) is 0 Å². The normalized spacial score (nSPS) is 10.7. The van der Waals surface area contributed by atoms with Crippen LogP contribution in [-0.4, -0.2) is 29.6 Å². The minimum atomic E-state index is -0.881. The smallest absolute Gasteiger partial charge is 0.335 e. The van der Waals surface area contributed by atoms with Gasteiger partial charge in [-0.15, -0.1) is 0 Å². The Morgan fingerprint density at radius 3 is 2.25 bits per heavy atom. The van der Waals surface area contributed by atoms with Gasteiger partial charge in [-0.05, 0) is 36.7 Å². The van der Waals surface area contributed by atoms with E-state index in [9.17, 15) is 4.79 Å². The molecule has 20 heavy (non-hydrogen) atoms. The highest BCUT2D eigenvalue weighted by molar-refractivity contribution is 5.87. The summed E-state index contributed by atoms with van der Waals surface area (Å²) in [5.74, 6) is -0.881. The van der Waals surface area contributed by atoms with Crippen molar-refractivity contribution in [3.8, 4) is 0 Å². The number of carbonyl (C=O) groups is 1. The van der Waals surface area contributed by atoms with Crippen molar-refractivity contribution >= 4 is 5.97 Å². The monoisotopic (exact) mass is 269 g/mol. The first kappa shape index (κ1) is 14.3. The van der Waals surface area contributed by atoms with Crippen LogP contribution in [0.5, 0.6) is 0 Å². The van der Waals surface area contributed by atoms with E-state index in [0.29, 0.717) is 5.56 Å². The summed E-state index contributed by atoms with van der Waals surface area (Å²) in [6.07, 6.45) is 1.02. The molecule has 0 atom stereocenters. The van der Waals surface area contributed by atoms with Gasteiger partial charge in [-0.25, -0.2) is 4.79 Å². The van der Waals surface area contributed by atoms with Gasteiger partial charge in [0.2, 0.25) is 0 Å². The molecule has 2 aromatic carbocycles. The van der Waals surface area contributed by atoms with E-state index in [0.717, 1.165) is 25.1 Å². The first-order chi connectivity index (χ1) is 9.65. The molecular formula is C17H19NO2. The highest BCUT2D eigenvalue weighted by Gasteiger charge is 2.04. The van der Waals surface area contributed by atoms with Crippen LogP contribution < -0.4 is 0 Å². The van der Waals surface area contributed by atoms with E-state index in [1.165, 1.54) is 5.56 Å². The van der Waals surface area contributed by atoms with E-state index in [2.05, 4.69) is 36.2 Å². The van der Waals surface area contributed by atoms with Crippen molar-refractivity contribution in [1.82, 2.24) is 4.90 Å². The summed E-state index contributed by atoms with van der Waals surface area (Å²) in [4.78, 5) is 13.0. The van der Waals surface area contributed by atoms with Crippen LogP contribution in [0.25, 0.3) is 0 Å². The second-order valence-corrected chi connectivity index (χ2v) is 4.98. The molecule has 0 fully saturated rings. The third kappa shape index (κ3) is 4.21. The first-order valence-corrected chi connectivity index (χ1v) is 6.70. The maximum absolute atomic E-state index is 10.8. The Morgan fingerprint density at radius 2 is 1.65 bits per heavy atom. The van der Waals surface area contributed by atoms with Crippen LogP contribution in [0.15, 0.2) is 54.6 Å². The summed E-state index contributed by atoms with van der Waals surface area (Å²) in [5.41, 5.74) is 2.80. The Labute approximate surface area is 119 Å². The standard InChI is InChI=1S/C17H19NO2/c1-18(12-11-14-5-3-2-4-6-14)13-15-7-9-16(10-8-15)17(19)20/h2-10H,11-13H2,1H3,(H,19,20). The molecule has 0 aliphatic carbocycles. The van der Waals surface area contributed by atoms with Crippen molar-refractivity contribution < 1.29 is 9.90 Å². The number of aromatic carboxylic acids is 1. The maximum atomic E-state index is 10.8. The van der Waals surface area contributed by atoms with Gasteiger partial charge >= 0.3 is 5.97 Å². The van der Waals surface area contributed by atoms with Crippen molar-refractivity contribution in [2.45, 2.75) is 13.0 Å². The number of nitrogens with zero attached hydrogens (tertiary/aromatic N) is 1. The van der Waals surface area contributed by atoms with Crippen molar-refractivity contribution in [2.75, 3.05) is 13.6 Å². The SMILES string of the molecule is CN(CCc1ccccc1)Cc1ccc(C(=O)O)cc1. The molecule has 0 heterocycles. The Bertz CT molecular complexity index is 549. The third-order valence-electron chi connectivity index (χ3n) is 3.28. The van der Waals surface area contributed by atoms with Crippen LogP contribution in [0, 0.1) is 0 Å². The lowest BCUT2D eigenvalue weighted by Crippen LogP contribution is -2.20. The highest BCUT2D eigenvalue weighted by Crippen LogP contribution is 2.08. The molecule has 104 valence electrons. The number of hydrogen-bond acceptors (Lipinski definition) is 2. The molecule has 0 unspecified atom stereocenters. The van der Waals surface area contributed by atoms with E-state index in [-0.39, 0.29) is 0 Å². The van der Waals surface area contributed by atoms with E-state index in [1.54, 1.807) is 12.1 Å². The lowest BCUT2D eigenvalue weighted by Gasteiger charge is -2.16. The zero-order valence-electron chi connectivity index (χ0n) is 11.6. The summed E-state index contributed by atoms with van der Waals surface area (Å²) in [6.45, 7) is 1.80. The Hall–Kier alpha value is -2.13. The van der Waals surface area contributed by atoms with Crippen molar-refractivity contribution in [3.63, 3.8) is 0 Å². The second kappa shape index (κ2) is 6.87. The van der Waals surface area contributed by atoms with Crippen LogP contribution in [0.1, 0.15) is 21.5 Å². The Morgan fingerprint density at radius 1 is 1.00 bits per heavy atom. The molecule has 0 aromatic heterocycles. The molecule has 0 bridgehead atoms. The van der Waals surface area contributed by atoms with E-state index >= 15 is 0 Å². The van der Waals surface area contributed by atoms with Crippen LogP contribution >= 0.6 is 0 Å². The van der Waals surface area contributed by atoms with E-state index in [1.807, 2.05) is 18.2 Å². The number of benzene rings is 2. The molecular weight excluding hydrogens is 250 g/mol. The zero-order valence-corrected chi connectivity index (χ0v) is 11.6. The van der Waals surface area contributed by atoms with Gasteiger partial charge in [-0.1, -0.05) is 42.5 Å². The van der Waals surface area contributed by atoms with Crippen molar-refractivity contribution in [2.24, 2.45) is 0 Å². The third-order valence-corrected chi connectivity index (χ3v) is 3.28. The quantitative estimate of drug-likeness (QED) is 0.876. The Balaban J connectivity index is 1.85. The van der Waals surface area contributed by atoms with Crippen LogP contribution in [0.3, 0.4) is 0 Å². The van der Waals surface area contributed by atoms with Gasteiger partial charge in [0.25, 0.3) is 0 Å². The summed E-state index contributed by atoms with van der Waals surface area (Å²) in [6, 6.07) is 17.5. The van der Waals surface area contributed by atoms with Crippen LogP contribution in [0.4, 0.5) is 0 Å². The highest BCUT2D eigenvalue weighted by atomic mass is 16.4. The lowest BCUT2D eigenvalue weighted by atomic mass is 10.1. The molecule has 0 aliphatic rings. The van der Waals surface area contributed by atoms with Crippen molar-refractivity contribution in [1.29, 1.82) is 0 Å². The number of likely N-dealkylation sites (N-methyl/N-ethyl adjacent to an activating group) is 1.